The number of amides is 1. The maximum Gasteiger partial charge on any atom is 0.274 e. The van der Waals surface area contributed by atoms with Gasteiger partial charge in [0, 0.05) is 12.2 Å². The summed E-state index contributed by atoms with van der Waals surface area (Å²) in [5.74, 6) is -0.231. The number of carbonyl (C=O) groups is 1. The van der Waals surface area contributed by atoms with E-state index in [1.54, 1.807) is 24.4 Å². The van der Waals surface area contributed by atoms with Crippen LogP contribution in [-0.2, 0) is 0 Å². The summed E-state index contributed by atoms with van der Waals surface area (Å²) in [6, 6.07) is 9.18. The largest absolute Gasteiger partial charge is 0.384 e. The van der Waals surface area contributed by atoms with Gasteiger partial charge in [0.25, 0.3) is 5.91 Å². The van der Waals surface area contributed by atoms with Gasteiger partial charge < -0.3 is 10.6 Å². The van der Waals surface area contributed by atoms with Gasteiger partial charge in [-0.1, -0.05) is 19.9 Å². The van der Waals surface area contributed by atoms with E-state index < -0.39 is 5.82 Å². The van der Waals surface area contributed by atoms with Gasteiger partial charge in [0.2, 0.25) is 0 Å². The number of halogens is 1. The number of rotatable bonds is 5. The fourth-order valence-corrected chi connectivity index (χ4v) is 1.72. The summed E-state index contributed by atoms with van der Waals surface area (Å²) in [6.45, 7) is 5.07. The van der Waals surface area contributed by atoms with E-state index >= 15 is 0 Å². The molecule has 5 heteroatoms. The highest BCUT2D eigenvalue weighted by Gasteiger charge is 2.08. The molecule has 0 unspecified atom stereocenters. The molecule has 1 amide bonds. The van der Waals surface area contributed by atoms with E-state index in [2.05, 4.69) is 29.5 Å². The Hall–Kier alpha value is -2.43. The van der Waals surface area contributed by atoms with Crippen molar-refractivity contribution in [2.75, 3.05) is 17.2 Å². The molecule has 4 nitrogen and oxygen atoms in total. The Bertz CT molecular complexity index is 611. The van der Waals surface area contributed by atoms with Gasteiger partial charge in [-0.25, -0.2) is 9.37 Å². The molecule has 0 saturated carbocycles. The third kappa shape index (κ3) is 4.56. The van der Waals surface area contributed by atoms with Crippen molar-refractivity contribution in [2.24, 2.45) is 5.92 Å². The minimum atomic E-state index is -0.394. The summed E-state index contributed by atoms with van der Waals surface area (Å²) in [4.78, 5) is 16.1. The highest BCUT2D eigenvalue weighted by Crippen LogP contribution is 2.12. The van der Waals surface area contributed by atoms with Gasteiger partial charge in [0.15, 0.2) is 0 Å². The molecule has 0 saturated heterocycles. The number of benzene rings is 1. The number of aromatic nitrogens is 1. The van der Waals surface area contributed by atoms with E-state index in [1.165, 1.54) is 18.2 Å². The monoisotopic (exact) mass is 287 g/mol. The van der Waals surface area contributed by atoms with Crippen molar-refractivity contribution in [2.45, 2.75) is 13.8 Å². The number of carbonyl (C=O) groups excluding carboxylic acids is 1. The van der Waals surface area contributed by atoms with Crippen LogP contribution in [0.15, 0.2) is 42.6 Å². The van der Waals surface area contributed by atoms with E-state index in [4.69, 9.17) is 0 Å². The van der Waals surface area contributed by atoms with Crippen LogP contribution in [-0.4, -0.2) is 17.4 Å². The molecule has 0 radical (unpaired) electrons. The van der Waals surface area contributed by atoms with E-state index in [-0.39, 0.29) is 11.6 Å². The normalized spacial score (nSPS) is 10.5. The Morgan fingerprint density at radius 3 is 2.67 bits per heavy atom. The molecule has 0 atom stereocenters. The highest BCUT2D eigenvalue weighted by atomic mass is 19.1. The van der Waals surface area contributed by atoms with Crippen LogP contribution in [0.3, 0.4) is 0 Å². The molecule has 0 bridgehead atoms. The quantitative estimate of drug-likeness (QED) is 0.884. The lowest BCUT2D eigenvalue weighted by atomic mass is 10.2. The summed E-state index contributed by atoms with van der Waals surface area (Å²) >= 11 is 0. The third-order valence-corrected chi connectivity index (χ3v) is 2.79. The molecule has 0 spiro atoms. The zero-order valence-corrected chi connectivity index (χ0v) is 12.1. The first-order valence-electron chi connectivity index (χ1n) is 6.81. The van der Waals surface area contributed by atoms with Gasteiger partial charge in [-0.2, -0.15) is 0 Å². The second-order valence-electron chi connectivity index (χ2n) is 5.17. The van der Waals surface area contributed by atoms with Gasteiger partial charge in [-0.15, -0.1) is 0 Å². The van der Waals surface area contributed by atoms with Crippen LogP contribution in [0.1, 0.15) is 24.3 Å². The second-order valence-corrected chi connectivity index (χ2v) is 5.17. The summed E-state index contributed by atoms with van der Waals surface area (Å²) in [5, 5.41) is 5.83. The molecule has 0 fully saturated rings. The Morgan fingerprint density at radius 1 is 1.24 bits per heavy atom. The average Bonchev–Trinajstić information content (AvgIpc) is 2.45. The van der Waals surface area contributed by atoms with Crippen molar-refractivity contribution in [1.82, 2.24) is 4.98 Å². The minimum absolute atomic E-state index is 0.286. The number of nitrogens with one attached hydrogen (secondary N) is 2. The maximum atomic E-state index is 13.0. The van der Waals surface area contributed by atoms with E-state index in [0.717, 1.165) is 12.2 Å². The van der Waals surface area contributed by atoms with Crippen molar-refractivity contribution in [3.05, 3.63) is 54.1 Å². The molecule has 0 aliphatic heterocycles. The van der Waals surface area contributed by atoms with Crippen molar-refractivity contribution in [3.63, 3.8) is 0 Å². The molecular weight excluding hydrogens is 269 g/mol. The average molecular weight is 287 g/mol. The van der Waals surface area contributed by atoms with Crippen LogP contribution in [0.4, 0.5) is 15.8 Å². The molecular formula is C16H18FN3O. The molecule has 0 aliphatic rings. The van der Waals surface area contributed by atoms with Crippen molar-refractivity contribution in [1.29, 1.82) is 0 Å². The van der Waals surface area contributed by atoms with E-state index in [9.17, 15) is 9.18 Å². The van der Waals surface area contributed by atoms with Crippen LogP contribution in [0.2, 0.25) is 0 Å². The topological polar surface area (TPSA) is 54.0 Å². The smallest absolute Gasteiger partial charge is 0.274 e. The molecule has 1 aromatic carbocycles. The van der Waals surface area contributed by atoms with Crippen molar-refractivity contribution < 1.29 is 9.18 Å². The molecule has 1 aromatic heterocycles. The molecule has 1 heterocycles. The Kier molecular flexibility index (Phi) is 4.87. The lowest BCUT2D eigenvalue weighted by Crippen LogP contribution is -2.14. The lowest BCUT2D eigenvalue weighted by molar-refractivity contribution is 0.102. The Balaban J connectivity index is 1.99. The van der Waals surface area contributed by atoms with Gasteiger partial charge in [-0.05, 0) is 36.2 Å². The van der Waals surface area contributed by atoms with Crippen LogP contribution >= 0.6 is 0 Å². The molecule has 0 aliphatic carbocycles. The number of anilines is 2. The van der Waals surface area contributed by atoms with E-state index in [0.29, 0.717) is 11.6 Å². The van der Waals surface area contributed by atoms with Gasteiger partial charge >= 0.3 is 0 Å². The lowest BCUT2D eigenvalue weighted by Gasteiger charge is -2.09. The van der Waals surface area contributed by atoms with Crippen LogP contribution in [0, 0.1) is 11.7 Å². The molecule has 2 aromatic rings. The number of hydrogen-bond donors (Lipinski definition) is 2. The molecule has 2 N–H and O–H groups in total. The van der Waals surface area contributed by atoms with Crippen LogP contribution in [0.25, 0.3) is 0 Å². The number of pyridine rings is 1. The third-order valence-electron chi connectivity index (χ3n) is 2.79. The zero-order chi connectivity index (χ0) is 15.2. The SMILES string of the molecule is CC(C)CNc1ccc(C(=O)Nc2cccc(F)c2)nc1. The summed E-state index contributed by atoms with van der Waals surface area (Å²) in [5.41, 5.74) is 1.56. The summed E-state index contributed by atoms with van der Waals surface area (Å²) in [7, 11) is 0. The first-order valence-corrected chi connectivity index (χ1v) is 6.81. The molecule has 2 rings (SSSR count). The Morgan fingerprint density at radius 2 is 2.05 bits per heavy atom. The summed E-state index contributed by atoms with van der Waals surface area (Å²) < 4.78 is 13.0. The van der Waals surface area contributed by atoms with E-state index in [1.807, 2.05) is 0 Å². The van der Waals surface area contributed by atoms with Crippen LogP contribution in [0.5, 0.6) is 0 Å². The summed E-state index contributed by atoms with van der Waals surface area (Å²) in [6.07, 6.45) is 1.61. The predicted molar refractivity (Wildman–Crippen MR) is 81.9 cm³/mol. The fraction of sp³-hybridized carbons (Fsp3) is 0.250. The zero-order valence-electron chi connectivity index (χ0n) is 12.1. The van der Waals surface area contributed by atoms with Crippen molar-refractivity contribution >= 4 is 17.3 Å². The number of hydrogen-bond acceptors (Lipinski definition) is 3. The van der Waals surface area contributed by atoms with Gasteiger partial charge in [0.05, 0.1) is 11.9 Å². The first-order chi connectivity index (χ1) is 10.0. The number of nitrogens with zero attached hydrogens (tertiary/aromatic N) is 1. The van der Waals surface area contributed by atoms with Crippen molar-refractivity contribution in [3.8, 4) is 0 Å². The second kappa shape index (κ2) is 6.83. The first kappa shape index (κ1) is 15.0. The van der Waals surface area contributed by atoms with Gasteiger partial charge in [-0.3, -0.25) is 4.79 Å². The minimum Gasteiger partial charge on any atom is -0.384 e. The standard InChI is InChI=1S/C16H18FN3O/c1-11(2)9-18-14-6-7-15(19-10-14)16(21)20-13-5-3-4-12(17)8-13/h3-8,10-11,18H,9H2,1-2H3,(H,20,21). The van der Waals surface area contributed by atoms with Gasteiger partial charge in [0.1, 0.15) is 11.5 Å². The fourth-order valence-electron chi connectivity index (χ4n) is 1.72. The molecule has 21 heavy (non-hydrogen) atoms. The molecule has 110 valence electrons. The Labute approximate surface area is 123 Å². The highest BCUT2D eigenvalue weighted by molar-refractivity contribution is 6.02. The predicted octanol–water partition coefficient (Wildman–Crippen LogP) is 3.54. The maximum absolute atomic E-state index is 13.0. The van der Waals surface area contributed by atoms with Crippen LogP contribution < -0.4 is 10.6 Å².